The Morgan fingerprint density at radius 1 is 0.421 bits per heavy atom. The fraction of sp³-hybridized carbons (Fsp3) is 0.0286. The molecule has 6 rings (SSSR count). The van der Waals surface area contributed by atoms with E-state index in [4.69, 9.17) is 0 Å². The minimum Gasteiger partial charge on any atom is -0.139 e. The average molecular weight is 543 g/mol. The van der Waals surface area contributed by atoms with E-state index in [2.05, 4.69) is 159 Å². The van der Waals surface area contributed by atoms with E-state index in [9.17, 15) is 0 Å². The van der Waals surface area contributed by atoms with Crippen molar-refractivity contribution in [1.29, 1.82) is 0 Å². The van der Waals surface area contributed by atoms with Crippen LogP contribution in [0.4, 0.5) is 0 Å². The normalized spacial score (nSPS) is 11.2. The Bertz CT molecular complexity index is 1530. The topological polar surface area (TPSA) is 0 Å². The van der Waals surface area contributed by atoms with Crippen LogP contribution in [0.2, 0.25) is 0 Å². The highest BCUT2D eigenvalue weighted by molar-refractivity contribution is 7.84. The molecule has 3 heteroatoms. The SMILES string of the molecule is Cc1cc(-c2ccccc2P(c2ccccc2)c2ccccc2)c(P(c2ccccc2)c2ccccc2)s1. The number of aryl methyl sites for hydroxylation is 1. The van der Waals surface area contributed by atoms with Gasteiger partial charge in [0.15, 0.2) is 0 Å². The number of hydrogen-bond acceptors (Lipinski definition) is 1. The maximum atomic E-state index is 2.42. The van der Waals surface area contributed by atoms with Gasteiger partial charge in [-0.15, -0.1) is 11.3 Å². The molecule has 0 aliphatic rings. The third-order valence-electron chi connectivity index (χ3n) is 6.53. The van der Waals surface area contributed by atoms with E-state index >= 15 is 0 Å². The Morgan fingerprint density at radius 2 is 0.816 bits per heavy atom. The second-order valence-electron chi connectivity index (χ2n) is 9.11. The third-order valence-corrected chi connectivity index (χ3v) is 13.0. The summed E-state index contributed by atoms with van der Waals surface area (Å²) in [6.07, 6.45) is 0. The van der Waals surface area contributed by atoms with Gasteiger partial charge in [0.2, 0.25) is 0 Å². The van der Waals surface area contributed by atoms with Gasteiger partial charge in [0.25, 0.3) is 0 Å². The van der Waals surface area contributed by atoms with Crippen LogP contribution in [0.5, 0.6) is 0 Å². The molecule has 5 aromatic carbocycles. The van der Waals surface area contributed by atoms with E-state index in [-0.39, 0.29) is 0 Å². The highest BCUT2D eigenvalue weighted by Crippen LogP contribution is 2.43. The van der Waals surface area contributed by atoms with Crippen molar-refractivity contribution in [2.45, 2.75) is 6.92 Å². The number of thiophene rings is 1. The minimum atomic E-state index is -0.709. The lowest BCUT2D eigenvalue weighted by Crippen LogP contribution is -2.24. The molecule has 1 aromatic heterocycles. The molecule has 0 saturated carbocycles. The zero-order valence-electron chi connectivity index (χ0n) is 21.2. The van der Waals surface area contributed by atoms with Crippen molar-refractivity contribution in [2.75, 3.05) is 0 Å². The molecule has 0 spiro atoms. The summed E-state index contributed by atoms with van der Waals surface area (Å²) < 4.78 is 1.47. The van der Waals surface area contributed by atoms with E-state index in [1.807, 2.05) is 11.3 Å². The Labute approximate surface area is 232 Å². The fourth-order valence-electron chi connectivity index (χ4n) is 4.88. The van der Waals surface area contributed by atoms with Crippen LogP contribution in [0.1, 0.15) is 4.88 Å². The molecule has 0 amide bonds. The van der Waals surface area contributed by atoms with Crippen molar-refractivity contribution in [3.05, 3.63) is 157 Å². The Kier molecular flexibility index (Phi) is 7.61. The van der Waals surface area contributed by atoms with E-state index in [1.54, 1.807) is 0 Å². The molecule has 0 saturated heterocycles. The van der Waals surface area contributed by atoms with Gasteiger partial charge in [-0.25, -0.2) is 0 Å². The Morgan fingerprint density at radius 3 is 1.29 bits per heavy atom. The molecule has 0 aliphatic heterocycles. The summed E-state index contributed by atoms with van der Waals surface area (Å²) in [6, 6.07) is 55.7. The molecule has 0 fully saturated rings. The summed E-state index contributed by atoms with van der Waals surface area (Å²) in [5.74, 6) is 0. The zero-order valence-corrected chi connectivity index (χ0v) is 23.8. The highest BCUT2D eigenvalue weighted by atomic mass is 32.1. The summed E-state index contributed by atoms with van der Waals surface area (Å²) >= 11 is 1.96. The van der Waals surface area contributed by atoms with E-state index in [0.29, 0.717) is 0 Å². The van der Waals surface area contributed by atoms with Crippen molar-refractivity contribution >= 4 is 58.3 Å². The lowest BCUT2D eigenvalue weighted by Gasteiger charge is -2.24. The molecule has 0 aliphatic carbocycles. The third kappa shape index (κ3) is 5.16. The molecule has 184 valence electrons. The van der Waals surface area contributed by atoms with Gasteiger partial charge in [0, 0.05) is 15.1 Å². The lowest BCUT2D eigenvalue weighted by atomic mass is 10.1. The first-order valence-corrected chi connectivity index (χ1v) is 16.3. The van der Waals surface area contributed by atoms with Crippen molar-refractivity contribution in [2.24, 2.45) is 0 Å². The molecular weight excluding hydrogens is 514 g/mol. The summed E-state index contributed by atoms with van der Waals surface area (Å²) in [7, 11) is -1.39. The summed E-state index contributed by atoms with van der Waals surface area (Å²) in [6.45, 7) is 2.25. The van der Waals surface area contributed by atoms with Gasteiger partial charge in [-0.3, -0.25) is 0 Å². The van der Waals surface area contributed by atoms with Crippen molar-refractivity contribution in [3.8, 4) is 11.1 Å². The first-order valence-electron chi connectivity index (χ1n) is 12.8. The van der Waals surface area contributed by atoms with Crippen molar-refractivity contribution in [3.63, 3.8) is 0 Å². The molecule has 0 nitrogen and oxygen atoms in total. The van der Waals surface area contributed by atoms with Gasteiger partial charge in [0.05, 0.1) is 0 Å². The number of hydrogen-bond donors (Lipinski definition) is 0. The molecule has 1 heterocycles. The largest absolute Gasteiger partial charge is 0.139 e. The standard InChI is InChI=1S/C35H28P2S/c1-27-26-33(35(38-27)37(30-20-10-4-11-21-30)31-22-12-5-13-23-31)32-24-14-15-25-34(32)36(28-16-6-2-7-17-28)29-18-8-3-9-19-29/h2-26H,1H3. The smallest absolute Gasteiger partial charge is 0.0449 e. The van der Waals surface area contributed by atoms with Crippen LogP contribution in [-0.2, 0) is 0 Å². The fourth-order valence-corrected chi connectivity index (χ4v) is 11.7. The van der Waals surface area contributed by atoms with Gasteiger partial charge >= 0.3 is 0 Å². The molecule has 0 N–H and O–H groups in total. The van der Waals surface area contributed by atoms with Crippen LogP contribution in [0, 0.1) is 6.92 Å². The number of benzene rings is 5. The second-order valence-corrected chi connectivity index (χ2v) is 15.0. The Hall–Kier alpha value is -3.34. The summed E-state index contributed by atoms with van der Waals surface area (Å²) in [4.78, 5) is 1.35. The highest BCUT2D eigenvalue weighted by Gasteiger charge is 2.26. The molecule has 0 bridgehead atoms. The molecular formula is C35H28P2S. The molecule has 0 atom stereocenters. The zero-order chi connectivity index (χ0) is 25.7. The minimum absolute atomic E-state index is 0.684. The average Bonchev–Trinajstić information content (AvgIpc) is 3.36. The molecule has 6 aromatic rings. The predicted molar refractivity (Wildman–Crippen MR) is 172 cm³/mol. The van der Waals surface area contributed by atoms with Crippen LogP contribution in [0.25, 0.3) is 11.1 Å². The predicted octanol–water partition coefficient (Wildman–Crippen LogP) is 7.24. The molecule has 0 unspecified atom stereocenters. The van der Waals surface area contributed by atoms with Crippen LogP contribution in [-0.4, -0.2) is 0 Å². The van der Waals surface area contributed by atoms with Crippen molar-refractivity contribution < 1.29 is 0 Å². The van der Waals surface area contributed by atoms with Crippen LogP contribution < -0.4 is 31.1 Å². The van der Waals surface area contributed by atoms with Gasteiger partial charge in [-0.05, 0) is 60.9 Å². The Balaban J connectivity index is 1.58. The monoisotopic (exact) mass is 542 g/mol. The van der Waals surface area contributed by atoms with Crippen LogP contribution >= 0.6 is 27.2 Å². The summed E-state index contributed by atoms with van der Waals surface area (Å²) in [5, 5.41) is 6.95. The first-order chi connectivity index (χ1) is 18.8. The van der Waals surface area contributed by atoms with Gasteiger partial charge < -0.3 is 0 Å². The summed E-state index contributed by atoms with van der Waals surface area (Å²) in [5.41, 5.74) is 2.73. The molecule has 0 radical (unpaired) electrons. The first kappa shape index (κ1) is 25.0. The molecule has 38 heavy (non-hydrogen) atoms. The second kappa shape index (κ2) is 11.6. The van der Waals surface area contributed by atoms with Crippen LogP contribution in [0.3, 0.4) is 0 Å². The van der Waals surface area contributed by atoms with E-state index in [1.165, 1.54) is 47.1 Å². The van der Waals surface area contributed by atoms with Crippen LogP contribution in [0.15, 0.2) is 152 Å². The number of rotatable bonds is 7. The maximum Gasteiger partial charge on any atom is 0.0449 e. The van der Waals surface area contributed by atoms with Gasteiger partial charge in [-0.1, -0.05) is 146 Å². The van der Waals surface area contributed by atoms with E-state index in [0.717, 1.165) is 0 Å². The lowest BCUT2D eigenvalue weighted by molar-refractivity contribution is 1.63. The quantitative estimate of drug-likeness (QED) is 0.187. The van der Waals surface area contributed by atoms with E-state index < -0.39 is 15.8 Å². The van der Waals surface area contributed by atoms with Crippen molar-refractivity contribution in [1.82, 2.24) is 0 Å². The van der Waals surface area contributed by atoms with Gasteiger partial charge in [-0.2, -0.15) is 0 Å². The maximum absolute atomic E-state index is 2.42. The van der Waals surface area contributed by atoms with Gasteiger partial charge in [0.1, 0.15) is 0 Å².